The van der Waals surface area contributed by atoms with E-state index in [0.29, 0.717) is 17.4 Å². The Hall–Kier alpha value is -3.59. The molecule has 2 aliphatic carbocycles. The number of ether oxygens (including phenoxy) is 1. The van der Waals surface area contributed by atoms with Crippen molar-refractivity contribution in [3.05, 3.63) is 113 Å². The van der Waals surface area contributed by atoms with Crippen LogP contribution in [0.25, 0.3) is 16.5 Å². The van der Waals surface area contributed by atoms with Crippen LogP contribution >= 0.6 is 0 Å². The summed E-state index contributed by atoms with van der Waals surface area (Å²) in [5.41, 5.74) is 9.15. The molecular formula is C34H35NO2. The standard InChI is InChI=1S/C34H35NO2/c1-37-34(36)29-17-15-24(16-18-29)23-35-31-14-8-7-13-30(31)32(33(35)28-11-5-6-12-28)27-21-19-26(20-22-27)25-9-3-2-4-10-25/h2-4,7-10,13-18,21,26,28H,5-6,11-12,19-20,22-23H2,1H3. The van der Waals surface area contributed by atoms with Gasteiger partial charge in [0.05, 0.1) is 12.7 Å². The molecule has 1 fully saturated rings. The Morgan fingerprint density at radius 2 is 1.59 bits per heavy atom. The molecule has 1 unspecified atom stereocenters. The molecule has 0 aliphatic heterocycles. The minimum atomic E-state index is -0.287. The molecule has 37 heavy (non-hydrogen) atoms. The topological polar surface area (TPSA) is 31.2 Å². The fourth-order valence-corrected chi connectivity index (χ4v) is 6.59. The van der Waals surface area contributed by atoms with Crippen molar-refractivity contribution in [2.24, 2.45) is 0 Å². The molecule has 1 atom stereocenters. The third-order valence-electron chi connectivity index (χ3n) is 8.47. The molecule has 4 aromatic rings. The van der Waals surface area contributed by atoms with Gasteiger partial charge in [0, 0.05) is 28.7 Å². The molecule has 0 bridgehead atoms. The van der Waals surface area contributed by atoms with Gasteiger partial charge in [0.2, 0.25) is 0 Å². The fourth-order valence-electron chi connectivity index (χ4n) is 6.59. The summed E-state index contributed by atoms with van der Waals surface area (Å²) >= 11 is 0. The van der Waals surface area contributed by atoms with Crippen LogP contribution in [0.1, 0.15) is 89.5 Å². The molecule has 0 spiro atoms. The van der Waals surface area contributed by atoms with Crippen LogP contribution in [0.15, 0.2) is 84.9 Å². The maximum absolute atomic E-state index is 11.9. The maximum Gasteiger partial charge on any atom is 0.337 e. The Kier molecular flexibility index (Phi) is 6.70. The number of carbonyl (C=O) groups excluding carboxylic acids is 1. The van der Waals surface area contributed by atoms with E-state index in [4.69, 9.17) is 4.74 Å². The first kappa shape index (κ1) is 23.8. The largest absolute Gasteiger partial charge is 0.465 e. The Morgan fingerprint density at radius 3 is 2.30 bits per heavy atom. The van der Waals surface area contributed by atoms with E-state index in [1.165, 1.54) is 78.1 Å². The van der Waals surface area contributed by atoms with E-state index in [9.17, 15) is 4.79 Å². The van der Waals surface area contributed by atoms with E-state index in [2.05, 4.69) is 77.4 Å². The first-order valence-corrected chi connectivity index (χ1v) is 13.8. The Bertz CT molecular complexity index is 1420. The quantitative estimate of drug-likeness (QED) is 0.254. The van der Waals surface area contributed by atoms with E-state index in [-0.39, 0.29) is 5.97 Å². The molecule has 0 saturated heterocycles. The van der Waals surface area contributed by atoms with Gasteiger partial charge in [0.1, 0.15) is 0 Å². The molecule has 1 saturated carbocycles. The zero-order chi connectivity index (χ0) is 25.2. The van der Waals surface area contributed by atoms with Crippen molar-refractivity contribution in [1.29, 1.82) is 0 Å². The van der Waals surface area contributed by atoms with Gasteiger partial charge in [-0.1, -0.05) is 79.6 Å². The highest BCUT2D eigenvalue weighted by Crippen LogP contribution is 2.46. The lowest BCUT2D eigenvalue weighted by molar-refractivity contribution is 0.0600. The van der Waals surface area contributed by atoms with Crippen LogP contribution in [0.3, 0.4) is 0 Å². The van der Waals surface area contributed by atoms with E-state index in [1.807, 2.05) is 12.1 Å². The van der Waals surface area contributed by atoms with Crippen molar-refractivity contribution >= 4 is 22.4 Å². The van der Waals surface area contributed by atoms with E-state index in [0.717, 1.165) is 19.4 Å². The monoisotopic (exact) mass is 489 g/mol. The van der Waals surface area contributed by atoms with Gasteiger partial charge in [0.15, 0.2) is 0 Å². The van der Waals surface area contributed by atoms with Gasteiger partial charge < -0.3 is 9.30 Å². The second-order valence-corrected chi connectivity index (χ2v) is 10.6. The second-order valence-electron chi connectivity index (χ2n) is 10.6. The smallest absolute Gasteiger partial charge is 0.337 e. The normalized spacial score (nSPS) is 18.2. The second kappa shape index (κ2) is 10.4. The van der Waals surface area contributed by atoms with Crippen molar-refractivity contribution in [1.82, 2.24) is 4.57 Å². The summed E-state index contributed by atoms with van der Waals surface area (Å²) in [6, 6.07) is 27.9. The summed E-state index contributed by atoms with van der Waals surface area (Å²) in [6.45, 7) is 0.813. The van der Waals surface area contributed by atoms with Crippen LogP contribution in [0.2, 0.25) is 0 Å². The van der Waals surface area contributed by atoms with E-state index >= 15 is 0 Å². The zero-order valence-electron chi connectivity index (χ0n) is 21.7. The summed E-state index contributed by atoms with van der Waals surface area (Å²) in [5, 5.41) is 1.39. The number of hydrogen-bond acceptors (Lipinski definition) is 2. The highest BCUT2D eigenvalue weighted by molar-refractivity contribution is 5.95. The number of rotatable bonds is 6. The number of esters is 1. The third-order valence-corrected chi connectivity index (χ3v) is 8.47. The number of hydrogen-bond donors (Lipinski definition) is 0. The highest BCUT2D eigenvalue weighted by atomic mass is 16.5. The molecule has 3 aromatic carbocycles. The molecule has 1 heterocycles. The molecule has 188 valence electrons. The van der Waals surface area contributed by atoms with Gasteiger partial charge in [0.25, 0.3) is 0 Å². The molecular weight excluding hydrogens is 454 g/mol. The summed E-state index contributed by atoms with van der Waals surface area (Å²) in [7, 11) is 1.43. The lowest BCUT2D eigenvalue weighted by Gasteiger charge is -2.25. The number of aromatic nitrogens is 1. The van der Waals surface area contributed by atoms with E-state index < -0.39 is 0 Å². The number of methoxy groups -OCH3 is 1. The average Bonchev–Trinajstić information content (AvgIpc) is 3.60. The van der Waals surface area contributed by atoms with Gasteiger partial charge in [-0.3, -0.25) is 0 Å². The first-order valence-electron chi connectivity index (χ1n) is 13.8. The molecule has 6 rings (SSSR count). The van der Waals surface area contributed by atoms with Crippen molar-refractivity contribution < 1.29 is 9.53 Å². The summed E-state index contributed by atoms with van der Waals surface area (Å²) in [5.74, 6) is 0.927. The Balaban J connectivity index is 1.42. The van der Waals surface area contributed by atoms with Crippen LogP contribution in [-0.2, 0) is 11.3 Å². The number of fused-ring (bicyclic) bond motifs is 1. The SMILES string of the molecule is COC(=O)c1ccc(Cn2c(C3CCCC3)c(C3=CCC(c4ccccc4)CC3)c3ccccc32)cc1. The van der Waals surface area contributed by atoms with Crippen LogP contribution in [-0.4, -0.2) is 17.6 Å². The zero-order valence-corrected chi connectivity index (χ0v) is 21.7. The number of benzene rings is 3. The lowest BCUT2D eigenvalue weighted by atomic mass is 9.81. The fraction of sp³-hybridized carbons (Fsp3) is 0.324. The predicted molar refractivity (Wildman–Crippen MR) is 151 cm³/mol. The van der Waals surface area contributed by atoms with Crippen LogP contribution in [0.5, 0.6) is 0 Å². The van der Waals surface area contributed by atoms with Gasteiger partial charge in [-0.15, -0.1) is 0 Å². The number of allylic oxidation sites excluding steroid dienone is 2. The molecule has 0 radical (unpaired) electrons. The van der Waals surface area contributed by atoms with Crippen molar-refractivity contribution in [3.8, 4) is 0 Å². The lowest BCUT2D eigenvalue weighted by Crippen LogP contribution is -2.11. The number of carbonyl (C=O) groups is 1. The molecule has 1 aromatic heterocycles. The molecule has 2 aliphatic rings. The molecule has 0 N–H and O–H groups in total. The van der Waals surface area contributed by atoms with Crippen LogP contribution in [0, 0.1) is 0 Å². The summed E-state index contributed by atoms with van der Waals surface area (Å²) < 4.78 is 7.48. The average molecular weight is 490 g/mol. The minimum absolute atomic E-state index is 0.287. The molecule has 0 amide bonds. The minimum Gasteiger partial charge on any atom is -0.465 e. The van der Waals surface area contributed by atoms with Gasteiger partial charge in [-0.05, 0) is 78.8 Å². The molecule has 3 heteroatoms. The van der Waals surface area contributed by atoms with Gasteiger partial charge in [-0.25, -0.2) is 4.79 Å². The van der Waals surface area contributed by atoms with Crippen molar-refractivity contribution in [2.45, 2.75) is 63.3 Å². The predicted octanol–water partition coefficient (Wildman–Crippen LogP) is 8.48. The third kappa shape index (κ3) is 4.64. The highest BCUT2D eigenvalue weighted by Gasteiger charge is 2.29. The Labute approximate surface area is 219 Å². The van der Waals surface area contributed by atoms with Gasteiger partial charge in [-0.2, -0.15) is 0 Å². The number of para-hydroxylation sites is 1. The summed E-state index contributed by atoms with van der Waals surface area (Å²) in [4.78, 5) is 11.9. The van der Waals surface area contributed by atoms with Crippen molar-refractivity contribution in [3.63, 3.8) is 0 Å². The van der Waals surface area contributed by atoms with Crippen LogP contribution in [0.4, 0.5) is 0 Å². The van der Waals surface area contributed by atoms with Crippen LogP contribution < -0.4 is 0 Å². The number of nitrogens with zero attached hydrogens (tertiary/aromatic N) is 1. The Morgan fingerprint density at radius 1 is 0.865 bits per heavy atom. The molecule has 3 nitrogen and oxygen atoms in total. The maximum atomic E-state index is 11.9. The first-order chi connectivity index (χ1) is 18.2. The van der Waals surface area contributed by atoms with Gasteiger partial charge >= 0.3 is 5.97 Å². The van der Waals surface area contributed by atoms with E-state index in [1.54, 1.807) is 0 Å². The summed E-state index contributed by atoms with van der Waals surface area (Å²) in [6.07, 6.45) is 11.1. The van der Waals surface area contributed by atoms with Crippen molar-refractivity contribution in [2.75, 3.05) is 7.11 Å².